The van der Waals surface area contributed by atoms with Crippen LogP contribution in [-0.4, -0.2) is 11.9 Å². The molecule has 0 heterocycles. The van der Waals surface area contributed by atoms with Crippen molar-refractivity contribution in [1.82, 2.24) is 0 Å². The van der Waals surface area contributed by atoms with Crippen LogP contribution in [0.1, 0.15) is 44.0 Å². The molecule has 0 saturated carbocycles. The molecule has 0 aliphatic carbocycles. The smallest absolute Gasteiger partial charge is 0.250 e. The van der Waals surface area contributed by atoms with Crippen LogP contribution >= 0.6 is 0 Å². The summed E-state index contributed by atoms with van der Waals surface area (Å²) in [6.45, 7) is 6.45. The van der Waals surface area contributed by atoms with Crippen molar-refractivity contribution in [1.29, 1.82) is 0 Å². The number of benzene rings is 1. The predicted octanol–water partition coefficient (Wildman–Crippen LogP) is 2.60. The lowest BCUT2D eigenvalue weighted by Crippen LogP contribution is -2.26. The lowest BCUT2D eigenvalue weighted by Gasteiger charge is -2.24. The van der Waals surface area contributed by atoms with Crippen molar-refractivity contribution < 1.29 is 4.79 Å². The van der Waals surface area contributed by atoms with Crippen molar-refractivity contribution in [2.75, 3.05) is 11.1 Å². The number of hydrogen-bond acceptors (Lipinski definition) is 3. The third-order valence-electron chi connectivity index (χ3n) is 3.45. The van der Waals surface area contributed by atoms with Crippen LogP contribution < -0.4 is 16.8 Å². The second-order valence-corrected chi connectivity index (χ2v) is 4.68. The van der Waals surface area contributed by atoms with Gasteiger partial charge in [0, 0.05) is 17.4 Å². The summed E-state index contributed by atoms with van der Waals surface area (Å²) < 4.78 is 0. The SMILES string of the molecule is CCC(CC)C(C)Nc1cc(N)ccc1C(N)=O. The van der Waals surface area contributed by atoms with Crippen LogP contribution in [0.5, 0.6) is 0 Å². The van der Waals surface area contributed by atoms with Crippen molar-refractivity contribution in [3.8, 4) is 0 Å². The number of nitrogen functional groups attached to an aromatic ring is 1. The van der Waals surface area contributed by atoms with Crippen LogP contribution in [0.25, 0.3) is 0 Å². The number of nitrogens with two attached hydrogens (primary N) is 2. The Kier molecular flexibility index (Phi) is 5.01. The molecule has 1 aromatic carbocycles. The highest BCUT2D eigenvalue weighted by molar-refractivity contribution is 5.99. The summed E-state index contributed by atoms with van der Waals surface area (Å²) in [6.07, 6.45) is 2.19. The predicted molar refractivity (Wildman–Crippen MR) is 76.5 cm³/mol. The number of anilines is 2. The molecule has 0 bridgehead atoms. The molecule has 100 valence electrons. The summed E-state index contributed by atoms with van der Waals surface area (Å²) in [7, 11) is 0. The Morgan fingerprint density at radius 3 is 2.44 bits per heavy atom. The van der Waals surface area contributed by atoms with Crippen LogP contribution in [0.2, 0.25) is 0 Å². The van der Waals surface area contributed by atoms with Crippen LogP contribution in [-0.2, 0) is 0 Å². The number of rotatable bonds is 6. The number of amides is 1. The van der Waals surface area contributed by atoms with E-state index in [-0.39, 0.29) is 6.04 Å². The first-order valence-corrected chi connectivity index (χ1v) is 6.45. The van der Waals surface area contributed by atoms with E-state index >= 15 is 0 Å². The molecule has 1 unspecified atom stereocenters. The monoisotopic (exact) mass is 249 g/mol. The van der Waals surface area contributed by atoms with E-state index in [1.54, 1.807) is 18.2 Å². The number of primary amides is 1. The molecule has 0 aliphatic heterocycles. The largest absolute Gasteiger partial charge is 0.399 e. The first-order chi connectivity index (χ1) is 8.49. The third-order valence-corrected chi connectivity index (χ3v) is 3.45. The molecule has 1 atom stereocenters. The number of carbonyl (C=O) groups is 1. The summed E-state index contributed by atoms with van der Waals surface area (Å²) in [5.41, 5.74) is 13.0. The second-order valence-electron chi connectivity index (χ2n) is 4.68. The molecule has 1 amide bonds. The van der Waals surface area contributed by atoms with Gasteiger partial charge in [0.25, 0.3) is 5.91 Å². The van der Waals surface area contributed by atoms with Crippen LogP contribution in [0.4, 0.5) is 11.4 Å². The molecule has 0 aromatic heterocycles. The van der Waals surface area contributed by atoms with Gasteiger partial charge < -0.3 is 16.8 Å². The van der Waals surface area contributed by atoms with Gasteiger partial charge in [-0.1, -0.05) is 26.7 Å². The highest BCUT2D eigenvalue weighted by Crippen LogP contribution is 2.23. The van der Waals surface area contributed by atoms with E-state index in [2.05, 4.69) is 26.1 Å². The minimum atomic E-state index is -0.436. The van der Waals surface area contributed by atoms with Crippen LogP contribution in [0.3, 0.4) is 0 Å². The quantitative estimate of drug-likeness (QED) is 0.678. The van der Waals surface area contributed by atoms with Crippen molar-refractivity contribution in [3.63, 3.8) is 0 Å². The molecule has 0 aliphatic rings. The Hall–Kier alpha value is -1.71. The molecule has 0 saturated heterocycles. The maximum Gasteiger partial charge on any atom is 0.250 e. The minimum Gasteiger partial charge on any atom is -0.399 e. The number of nitrogens with one attached hydrogen (secondary N) is 1. The summed E-state index contributed by atoms with van der Waals surface area (Å²) in [6, 6.07) is 5.39. The van der Waals surface area contributed by atoms with E-state index in [4.69, 9.17) is 11.5 Å². The van der Waals surface area contributed by atoms with Gasteiger partial charge >= 0.3 is 0 Å². The number of hydrogen-bond donors (Lipinski definition) is 3. The zero-order valence-electron chi connectivity index (χ0n) is 11.4. The van der Waals surface area contributed by atoms with E-state index in [1.807, 2.05) is 0 Å². The Morgan fingerprint density at radius 1 is 1.33 bits per heavy atom. The molecule has 0 radical (unpaired) electrons. The van der Waals surface area contributed by atoms with Gasteiger partial charge in [-0.15, -0.1) is 0 Å². The van der Waals surface area contributed by atoms with Crippen molar-refractivity contribution in [2.24, 2.45) is 11.7 Å². The maximum atomic E-state index is 11.4. The van der Waals surface area contributed by atoms with Gasteiger partial charge in [0.05, 0.1) is 5.56 Å². The zero-order chi connectivity index (χ0) is 13.7. The molecule has 1 rings (SSSR count). The van der Waals surface area contributed by atoms with Gasteiger partial charge in [-0.3, -0.25) is 4.79 Å². The van der Waals surface area contributed by atoms with Gasteiger partial charge in [-0.05, 0) is 31.0 Å². The fraction of sp³-hybridized carbons (Fsp3) is 0.500. The second kappa shape index (κ2) is 6.28. The molecule has 0 fully saturated rings. The highest BCUT2D eigenvalue weighted by Gasteiger charge is 2.16. The Labute approximate surface area is 109 Å². The average Bonchev–Trinajstić information content (AvgIpc) is 2.30. The van der Waals surface area contributed by atoms with E-state index < -0.39 is 5.91 Å². The van der Waals surface area contributed by atoms with E-state index in [9.17, 15) is 4.79 Å². The lowest BCUT2D eigenvalue weighted by molar-refractivity contribution is 0.100. The zero-order valence-corrected chi connectivity index (χ0v) is 11.4. The van der Waals surface area contributed by atoms with Crippen LogP contribution in [0, 0.1) is 5.92 Å². The summed E-state index contributed by atoms with van der Waals surface area (Å²) in [4.78, 5) is 11.4. The highest BCUT2D eigenvalue weighted by atomic mass is 16.1. The minimum absolute atomic E-state index is 0.278. The molecule has 1 aromatic rings. The van der Waals surface area contributed by atoms with E-state index in [1.165, 1.54) is 0 Å². The molecule has 4 nitrogen and oxygen atoms in total. The molecule has 0 spiro atoms. The van der Waals surface area contributed by atoms with E-state index in [0.29, 0.717) is 17.2 Å². The first kappa shape index (κ1) is 14.4. The van der Waals surface area contributed by atoms with Crippen molar-refractivity contribution in [3.05, 3.63) is 23.8 Å². The summed E-state index contributed by atoms with van der Waals surface area (Å²) >= 11 is 0. The summed E-state index contributed by atoms with van der Waals surface area (Å²) in [5.74, 6) is 0.126. The molecule has 18 heavy (non-hydrogen) atoms. The van der Waals surface area contributed by atoms with Gasteiger partial charge in [-0.2, -0.15) is 0 Å². The normalized spacial score (nSPS) is 12.4. The molecule has 5 N–H and O–H groups in total. The topological polar surface area (TPSA) is 81.1 Å². The van der Waals surface area contributed by atoms with Crippen molar-refractivity contribution in [2.45, 2.75) is 39.7 Å². The molecule has 4 heteroatoms. The summed E-state index contributed by atoms with van der Waals surface area (Å²) in [5, 5.41) is 3.35. The fourth-order valence-corrected chi connectivity index (χ4v) is 2.26. The molecular formula is C14H23N3O. The Balaban J connectivity index is 2.95. The standard InChI is InChI=1S/C14H23N3O/c1-4-10(5-2)9(3)17-13-8-11(15)6-7-12(13)14(16)18/h6-10,17H,4-5,15H2,1-3H3,(H2,16,18). The van der Waals surface area contributed by atoms with Gasteiger partial charge in [0.15, 0.2) is 0 Å². The van der Waals surface area contributed by atoms with Gasteiger partial charge in [0.2, 0.25) is 0 Å². The lowest BCUT2D eigenvalue weighted by atomic mass is 9.95. The Morgan fingerprint density at radius 2 is 1.94 bits per heavy atom. The fourth-order valence-electron chi connectivity index (χ4n) is 2.26. The molecular weight excluding hydrogens is 226 g/mol. The Bertz CT molecular complexity index is 414. The van der Waals surface area contributed by atoms with Crippen LogP contribution in [0.15, 0.2) is 18.2 Å². The van der Waals surface area contributed by atoms with E-state index in [0.717, 1.165) is 18.5 Å². The maximum absolute atomic E-state index is 11.4. The first-order valence-electron chi connectivity index (χ1n) is 6.45. The van der Waals surface area contributed by atoms with Crippen molar-refractivity contribution >= 4 is 17.3 Å². The number of carbonyl (C=O) groups excluding carboxylic acids is 1. The average molecular weight is 249 g/mol. The van der Waals surface area contributed by atoms with Gasteiger partial charge in [0.1, 0.15) is 0 Å². The third kappa shape index (κ3) is 3.39. The van der Waals surface area contributed by atoms with Gasteiger partial charge in [-0.25, -0.2) is 0 Å².